The predicted octanol–water partition coefficient (Wildman–Crippen LogP) is 2.10. The first-order valence-corrected chi connectivity index (χ1v) is 7.32. The largest absolute Gasteiger partial charge is 0.389 e. The molecule has 0 saturated heterocycles. The third-order valence-corrected chi connectivity index (χ3v) is 4.00. The topological polar surface area (TPSA) is 35.5 Å². The molecular formula is C15H32N2O. The normalized spacial score (nSPS) is 29.8. The summed E-state index contributed by atoms with van der Waals surface area (Å²) in [4.78, 5) is 2.30. The lowest BCUT2D eigenvalue weighted by molar-refractivity contribution is 0.0187. The maximum Gasteiger partial charge on any atom is 0.0718 e. The van der Waals surface area contributed by atoms with Gasteiger partial charge in [0.15, 0.2) is 0 Å². The van der Waals surface area contributed by atoms with Gasteiger partial charge in [-0.15, -0.1) is 0 Å². The maximum absolute atomic E-state index is 9.93. The lowest BCUT2D eigenvalue weighted by Gasteiger charge is -2.43. The summed E-state index contributed by atoms with van der Waals surface area (Å²) in [5.74, 6) is 0.836. The highest BCUT2D eigenvalue weighted by Crippen LogP contribution is 2.39. The predicted molar refractivity (Wildman–Crippen MR) is 77.8 cm³/mol. The van der Waals surface area contributed by atoms with Gasteiger partial charge in [-0.05, 0) is 52.1 Å². The summed E-state index contributed by atoms with van der Waals surface area (Å²) >= 11 is 0. The van der Waals surface area contributed by atoms with Gasteiger partial charge in [-0.3, -0.25) is 0 Å². The molecule has 3 nitrogen and oxygen atoms in total. The monoisotopic (exact) mass is 256 g/mol. The van der Waals surface area contributed by atoms with Crippen molar-refractivity contribution < 1.29 is 5.11 Å². The van der Waals surface area contributed by atoms with E-state index in [-0.39, 0.29) is 0 Å². The van der Waals surface area contributed by atoms with E-state index in [1.54, 1.807) is 0 Å². The first kappa shape index (κ1) is 15.9. The average molecular weight is 256 g/mol. The minimum Gasteiger partial charge on any atom is -0.389 e. The summed E-state index contributed by atoms with van der Waals surface area (Å²) in [6, 6.07) is 0. The SMILES string of the molecule is CNCC1(CN(C)CC(C)(C)O)CCCC(C)C1. The van der Waals surface area contributed by atoms with Crippen molar-refractivity contribution in [2.75, 3.05) is 33.7 Å². The standard InChI is InChI=1S/C15H32N2O/c1-13-7-6-8-15(9-13,10-16-4)12-17(5)11-14(2,3)18/h13,16,18H,6-12H2,1-5H3. The van der Waals surface area contributed by atoms with Gasteiger partial charge in [0, 0.05) is 19.6 Å². The molecule has 1 fully saturated rings. The van der Waals surface area contributed by atoms with Gasteiger partial charge < -0.3 is 15.3 Å². The van der Waals surface area contributed by atoms with Gasteiger partial charge in [0.2, 0.25) is 0 Å². The summed E-state index contributed by atoms with van der Waals surface area (Å²) in [6.07, 6.45) is 5.35. The number of likely N-dealkylation sites (N-methyl/N-ethyl adjacent to an activating group) is 1. The molecule has 0 radical (unpaired) electrons. The van der Waals surface area contributed by atoms with Crippen LogP contribution < -0.4 is 5.32 Å². The van der Waals surface area contributed by atoms with Crippen LogP contribution in [0.25, 0.3) is 0 Å². The first-order valence-electron chi connectivity index (χ1n) is 7.32. The van der Waals surface area contributed by atoms with Crippen LogP contribution in [0.2, 0.25) is 0 Å². The Balaban J connectivity index is 2.61. The van der Waals surface area contributed by atoms with Gasteiger partial charge in [-0.25, -0.2) is 0 Å². The molecule has 2 N–H and O–H groups in total. The van der Waals surface area contributed by atoms with E-state index < -0.39 is 5.60 Å². The van der Waals surface area contributed by atoms with Crippen LogP contribution in [0.3, 0.4) is 0 Å². The van der Waals surface area contributed by atoms with Crippen molar-refractivity contribution in [2.45, 2.75) is 52.1 Å². The van der Waals surface area contributed by atoms with Gasteiger partial charge in [0.05, 0.1) is 5.60 Å². The van der Waals surface area contributed by atoms with E-state index in [4.69, 9.17) is 0 Å². The highest BCUT2D eigenvalue weighted by molar-refractivity contribution is 4.90. The number of hydrogen-bond acceptors (Lipinski definition) is 3. The molecule has 18 heavy (non-hydrogen) atoms. The number of nitrogens with zero attached hydrogens (tertiary/aromatic N) is 1. The van der Waals surface area contributed by atoms with Crippen molar-refractivity contribution in [2.24, 2.45) is 11.3 Å². The van der Waals surface area contributed by atoms with Crippen LogP contribution in [-0.4, -0.2) is 49.3 Å². The van der Waals surface area contributed by atoms with E-state index >= 15 is 0 Å². The lowest BCUT2D eigenvalue weighted by atomic mass is 9.69. The smallest absolute Gasteiger partial charge is 0.0718 e. The van der Waals surface area contributed by atoms with Crippen LogP contribution in [0.4, 0.5) is 0 Å². The number of nitrogens with one attached hydrogen (secondary N) is 1. The molecule has 0 aromatic rings. The number of rotatable bonds is 6. The Bertz CT molecular complexity index is 245. The molecular weight excluding hydrogens is 224 g/mol. The molecule has 1 aliphatic rings. The van der Waals surface area contributed by atoms with E-state index in [1.807, 2.05) is 13.8 Å². The summed E-state index contributed by atoms with van der Waals surface area (Å²) in [6.45, 7) is 9.07. The fourth-order valence-electron chi connectivity index (χ4n) is 3.79. The summed E-state index contributed by atoms with van der Waals surface area (Å²) in [7, 11) is 4.19. The van der Waals surface area contributed by atoms with Crippen molar-refractivity contribution in [1.29, 1.82) is 0 Å². The van der Waals surface area contributed by atoms with Crippen molar-refractivity contribution in [3.05, 3.63) is 0 Å². The second-order valence-corrected chi connectivity index (χ2v) is 7.22. The number of hydrogen-bond donors (Lipinski definition) is 2. The maximum atomic E-state index is 9.93. The van der Waals surface area contributed by atoms with Gasteiger partial charge in [-0.2, -0.15) is 0 Å². The van der Waals surface area contributed by atoms with Crippen molar-refractivity contribution in [3.63, 3.8) is 0 Å². The molecule has 0 bridgehead atoms. The zero-order valence-electron chi connectivity index (χ0n) is 12.9. The van der Waals surface area contributed by atoms with E-state index in [2.05, 4.69) is 31.2 Å². The van der Waals surface area contributed by atoms with E-state index in [0.29, 0.717) is 5.41 Å². The van der Waals surface area contributed by atoms with E-state index in [1.165, 1.54) is 25.7 Å². The molecule has 0 aliphatic heterocycles. The molecule has 1 aliphatic carbocycles. The molecule has 0 amide bonds. The average Bonchev–Trinajstić information content (AvgIpc) is 2.13. The van der Waals surface area contributed by atoms with Gasteiger partial charge in [0.25, 0.3) is 0 Å². The first-order chi connectivity index (χ1) is 8.26. The van der Waals surface area contributed by atoms with Crippen LogP contribution in [0, 0.1) is 11.3 Å². The molecule has 3 heteroatoms. The fraction of sp³-hybridized carbons (Fsp3) is 1.00. The Morgan fingerprint density at radius 1 is 1.44 bits per heavy atom. The van der Waals surface area contributed by atoms with E-state index in [0.717, 1.165) is 25.6 Å². The van der Waals surface area contributed by atoms with Crippen LogP contribution in [0.5, 0.6) is 0 Å². The highest BCUT2D eigenvalue weighted by Gasteiger charge is 2.35. The molecule has 0 aromatic heterocycles. The second-order valence-electron chi connectivity index (χ2n) is 7.22. The van der Waals surface area contributed by atoms with Crippen LogP contribution >= 0.6 is 0 Å². The summed E-state index contributed by atoms with van der Waals surface area (Å²) < 4.78 is 0. The summed E-state index contributed by atoms with van der Waals surface area (Å²) in [5, 5.41) is 13.3. The molecule has 108 valence electrons. The third-order valence-electron chi connectivity index (χ3n) is 4.00. The van der Waals surface area contributed by atoms with Crippen molar-refractivity contribution >= 4 is 0 Å². The van der Waals surface area contributed by atoms with Crippen LogP contribution in [0.15, 0.2) is 0 Å². The van der Waals surface area contributed by atoms with Crippen LogP contribution in [-0.2, 0) is 0 Å². The Morgan fingerprint density at radius 2 is 2.11 bits per heavy atom. The lowest BCUT2D eigenvalue weighted by Crippen LogP contribution is -2.48. The molecule has 0 aromatic carbocycles. The highest BCUT2D eigenvalue weighted by atomic mass is 16.3. The van der Waals surface area contributed by atoms with E-state index in [9.17, 15) is 5.11 Å². The Hall–Kier alpha value is -0.120. The molecule has 2 unspecified atom stereocenters. The molecule has 1 rings (SSSR count). The Labute approximate surface area is 113 Å². The summed E-state index contributed by atoms with van der Waals surface area (Å²) in [5.41, 5.74) is -0.206. The third kappa shape index (κ3) is 5.25. The molecule has 1 saturated carbocycles. The quantitative estimate of drug-likeness (QED) is 0.764. The van der Waals surface area contributed by atoms with Crippen molar-refractivity contribution in [3.8, 4) is 0 Å². The zero-order valence-corrected chi connectivity index (χ0v) is 12.9. The van der Waals surface area contributed by atoms with Gasteiger partial charge in [-0.1, -0.05) is 19.8 Å². The van der Waals surface area contributed by atoms with Crippen LogP contribution in [0.1, 0.15) is 46.5 Å². The molecule has 2 atom stereocenters. The Kier molecular flexibility index (Phi) is 5.63. The minimum atomic E-state index is -0.601. The molecule has 0 spiro atoms. The Morgan fingerprint density at radius 3 is 2.61 bits per heavy atom. The second kappa shape index (κ2) is 6.36. The van der Waals surface area contributed by atoms with Gasteiger partial charge in [0.1, 0.15) is 0 Å². The van der Waals surface area contributed by atoms with Gasteiger partial charge >= 0.3 is 0 Å². The van der Waals surface area contributed by atoms with Crippen molar-refractivity contribution in [1.82, 2.24) is 10.2 Å². The minimum absolute atomic E-state index is 0.395. The zero-order chi connectivity index (χ0) is 13.8. The fourth-order valence-corrected chi connectivity index (χ4v) is 3.79. The number of aliphatic hydroxyl groups is 1. The molecule has 0 heterocycles.